The van der Waals surface area contributed by atoms with Crippen LogP contribution >= 0.6 is 0 Å². The molecule has 0 aliphatic rings. The summed E-state index contributed by atoms with van der Waals surface area (Å²) in [5.41, 5.74) is 2.82. The lowest BCUT2D eigenvalue weighted by atomic mass is 10.1. The molecule has 0 aliphatic heterocycles. The van der Waals surface area contributed by atoms with Gasteiger partial charge in [0.05, 0.1) is 6.61 Å². The van der Waals surface area contributed by atoms with Gasteiger partial charge >= 0.3 is 0 Å². The van der Waals surface area contributed by atoms with Crippen molar-refractivity contribution < 1.29 is 4.74 Å². The Morgan fingerprint density at radius 1 is 1.30 bits per heavy atom. The summed E-state index contributed by atoms with van der Waals surface area (Å²) in [6, 6.07) is 0. The summed E-state index contributed by atoms with van der Waals surface area (Å²) in [7, 11) is 0. The largest absolute Gasteiger partial charge is 0.381 e. The predicted molar refractivity (Wildman–Crippen MR) is 44.8 cm³/mol. The lowest BCUT2D eigenvalue weighted by Crippen LogP contribution is -1.94. The van der Waals surface area contributed by atoms with E-state index in [4.69, 9.17) is 4.74 Å². The predicted octanol–water partition coefficient (Wildman–Crippen LogP) is 2.58. The Balaban J connectivity index is 3.40. The van der Waals surface area contributed by atoms with Crippen molar-refractivity contribution in [1.82, 2.24) is 0 Å². The molecule has 1 radical (unpaired) electrons. The fourth-order valence-electron chi connectivity index (χ4n) is 0.577. The topological polar surface area (TPSA) is 9.23 Å². The Bertz CT molecular complexity index is 110. The number of rotatable bonds is 4. The van der Waals surface area contributed by atoms with Crippen LogP contribution in [0.25, 0.3) is 0 Å². The highest BCUT2D eigenvalue weighted by molar-refractivity contribution is 5.06. The van der Waals surface area contributed by atoms with Gasteiger partial charge in [0.1, 0.15) is 0 Å². The summed E-state index contributed by atoms with van der Waals surface area (Å²) in [4.78, 5) is 0. The van der Waals surface area contributed by atoms with Crippen molar-refractivity contribution in [1.29, 1.82) is 0 Å². The van der Waals surface area contributed by atoms with Crippen LogP contribution in [0.3, 0.4) is 0 Å². The van der Waals surface area contributed by atoms with Crippen LogP contribution in [0.2, 0.25) is 0 Å². The molecule has 0 atom stereocenters. The molecule has 0 aromatic carbocycles. The molecule has 10 heavy (non-hydrogen) atoms. The smallest absolute Gasteiger partial charge is 0.0503 e. The third-order valence-electron chi connectivity index (χ3n) is 1.62. The first-order chi connectivity index (χ1) is 4.68. The van der Waals surface area contributed by atoms with Gasteiger partial charge in [0.2, 0.25) is 0 Å². The van der Waals surface area contributed by atoms with E-state index in [1.54, 1.807) is 0 Å². The zero-order chi connectivity index (χ0) is 7.98. The van der Waals surface area contributed by atoms with E-state index in [9.17, 15) is 0 Å². The number of hydrogen-bond donors (Lipinski definition) is 0. The number of ether oxygens (including phenoxy) is 1. The molecule has 0 rings (SSSR count). The van der Waals surface area contributed by atoms with Crippen LogP contribution in [0.4, 0.5) is 0 Å². The van der Waals surface area contributed by atoms with Crippen molar-refractivity contribution >= 4 is 0 Å². The van der Waals surface area contributed by atoms with E-state index >= 15 is 0 Å². The van der Waals surface area contributed by atoms with Crippen LogP contribution in [0.5, 0.6) is 0 Å². The Morgan fingerprint density at radius 2 is 1.90 bits per heavy atom. The fourth-order valence-corrected chi connectivity index (χ4v) is 0.577. The summed E-state index contributed by atoms with van der Waals surface area (Å²) < 4.78 is 5.11. The zero-order valence-corrected chi connectivity index (χ0v) is 7.24. The van der Waals surface area contributed by atoms with Crippen LogP contribution in [0, 0.1) is 6.92 Å². The molecule has 1 nitrogen and oxygen atoms in total. The van der Waals surface area contributed by atoms with Gasteiger partial charge in [-0.1, -0.05) is 11.1 Å². The fraction of sp³-hybridized carbons (Fsp3) is 0.667. The molecule has 0 aliphatic carbocycles. The van der Waals surface area contributed by atoms with Crippen molar-refractivity contribution in [2.24, 2.45) is 0 Å². The van der Waals surface area contributed by atoms with Crippen LogP contribution < -0.4 is 0 Å². The van der Waals surface area contributed by atoms with Gasteiger partial charge in [-0.2, -0.15) is 0 Å². The highest BCUT2D eigenvalue weighted by Gasteiger charge is 1.91. The van der Waals surface area contributed by atoms with Gasteiger partial charge in [-0.3, -0.25) is 0 Å². The lowest BCUT2D eigenvalue weighted by Gasteiger charge is -2.02. The normalized spacial score (nSPS) is 9.60. The van der Waals surface area contributed by atoms with E-state index in [0.29, 0.717) is 6.61 Å². The van der Waals surface area contributed by atoms with Crippen molar-refractivity contribution in [3.05, 3.63) is 18.1 Å². The SMILES string of the molecule is [CH2]COCCC(C)=C(C)C. The van der Waals surface area contributed by atoms with Gasteiger partial charge in [0, 0.05) is 6.61 Å². The molecule has 0 spiro atoms. The maximum absolute atomic E-state index is 5.11. The Morgan fingerprint density at radius 3 is 2.30 bits per heavy atom. The molecule has 59 valence electrons. The second-order valence-electron chi connectivity index (χ2n) is 2.64. The number of hydrogen-bond acceptors (Lipinski definition) is 1. The van der Waals surface area contributed by atoms with Crippen molar-refractivity contribution in [3.63, 3.8) is 0 Å². The second-order valence-corrected chi connectivity index (χ2v) is 2.64. The first-order valence-corrected chi connectivity index (χ1v) is 3.68. The van der Waals surface area contributed by atoms with E-state index in [-0.39, 0.29) is 0 Å². The standard InChI is InChI=1S/C9H17O/c1-5-10-7-6-9(4)8(2)3/h1,5-7H2,2-4H3. The Hall–Kier alpha value is -0.300. The lowest BCUT2D eigenvalue weighted by molar-refractivity contribution is 0.164. The third kappa shape index (κ3) is 4.57. The molecule has 0 saturated heterocycles. The summed E-state index contributed by atoms with van der Waals surface area (Å²) in [5, 5.41) is 0. The minimum absolute atomic E-state index is 0.579. The molecular weight excluding hydrogens is 124 g/mol. The van der Waals surface area contributed by atoms with Gasteiger partial charge < -0.3 is 4.74 Å². The maximum atomic E-state index is 5.11. The molecule has 0 unspecified atom stereocenters. The van der Waals surface area contributed by atoms with Gasteiger partial charge in [-0.05, 0) is 34.1 Å². The summed E-state index contributed by atoms with van der Waals surface area (Å²) >= 11 is 0. The van der Waals surface area contributed by atoms with E-state index in [0.717, 1.165) is 13.0 Å². The number of allylic oxidation sites excluding steroid dienone is 1. The summed E-state index contributed by atoms with van der Waals surface area (Å²) in [6.45, 7) is 11.4. The van der Waals surface area contributed by atoms with Crippen LogP contribution in [-0.2, 0) is 4.74 Å². The molecule has 0 amide bonds. The molecule has 0 N–H and O–H groups in total. The average molecular weight is 141 g/mol. The first kappa shape index (κ1) is 9.70. The third-order valence-corrected chi connectivity index (χ3v) is 1.62. The summed E-state index contributed by atoms with van der Waals surface area (Å²) in [5.74, 6) is 0. The van der Waals surface area contributed by atoms with Crippen LogP contribution in [0.1, 0.15) is 27.2 Å². The van der Waals surface area contributed by atoms with Gasteiger partial charge in [-0.25, -0.2) is 0 Å². The van der Waals surface area contributed by atoms with Crippen molar-refractivity contribution in [2.45, 2.75) is 27.2 Å². The van der Waals surface area contributed by atoms with Crippen molar-refractivity contribution in [2.75, 3.05) is 13.2 Å². The molecule has 0 fully saturated rings. The van der Waals surface area contributed by atoms with Gasteiger partial charge in [0.15, 0.2) is 0 Å². The Labute approximate surface area is 64.1 Å². The van der Waals surface area contributed by atoms with Crippen LogP contribution in [0.15, 0.2) is 11.1 Å². The molecule has 0 saturated carbocycles. The quantitative estimate of drug-likeness (QED) is 0.432. The monoisotopic (exact) mass is 141 g/mol. The molecule has 0 bridgehead atoms. The van der Waals surface area contributed by atoms with E-state index in [2.05, 4.69) is 27.7 Å². The average Bonchev–Trinajstić information content (AvgIpc) is 1.88. The highest BCUT2D eigenvalue weighted by Crippen LogP contribution is 2.05. The van der Waals surface area contributed by atoms with Crippen molar-refractivity contribution in [3.8, 4) is 0 Å². The minimum Gasteiger partial charge on any atom is -0.381 e. The second kappa shape index (κ2) is 5.48. The minimum atomic E-state index is 0.579. The Kier molecular flexibility index (Phi) is 5.32. The summed E-state index contributed by atoms with van der Waals surface area (Å²) in [6.07, 6.45) is 1.04. The van der Waals surface area contributed by atoms with E-state index in [1.165, 1.54) is 11.1 Å². The first-order valence-electron chi connectivity index (χ1n) is 3.68. The molecular formula is C9H17O. The molecule has 0 aromatic rings. The van der Waals surface area contributed by atoms with E-state index in [1.807, 2.05) is 0 Å². The van der Waals surface area contributed by atoms with Gasteiger partial charge in [0.25, 0.3) is 0 Å². The van der Waals surface area contributed by atoms with E-state index < -0.39 is 0 Å². The highest BCUT2D eigenvalue weighted by atomic mass is 16.5. The zero-order valence-electron chi connectivity index (χ0n) is 7.24. The molecule has 0 aromatic heterocycles. The molecule has 1 heteroatoms. The molecule has 0 heterocycles. The maximum Gasteiger partial charge on any atom is 0.0503 e. The van der Waals surface area contributed by atoms with Crippen LogP contribution in [-0.4, -0.2) is 13.2 Å². The van der Waals surface area contributed by atoms with Gasteiger partial charge in [-0.15, -0.1) is 0 Å².